The maximum absolute atomic E-state index is 12.8. The second kappa shape index (κ2) is 12.2. The van der Waals surface area contributed by atoms with Crippen molar-refractivity contribution in [3.05, 3.63) is 59.4 Å². The molecule has 1 N–H and O–H groups in total. The molecule has 0 atom stereocenters. The van der Waals surface area contributed by atoms with Gasteiger partial charge in [-0.15, -0.1) is 5.10 Å². The molecule has 1 aromatic carbocycles. The van der Waals surface area contributed by atoms with Gasteiger partial charge in [0.15, 0.2) is 6.79 Å². The number of pyridine rings is 1. The van der Waals surface area contributed by atoms with Crippen LogP contribution in [0.3, 0.4) is 0 Å². The lowest BCUT2D eigenvalue weighted by molar-refractivity contribution is -0.138. The molecule has 194 valence electrons. The van der Waals surface area contributed by atoms with Crippen LogP contribution in [-0.2, 0) is 35.1 Å². The first-order chi connectivity index (χ1) is 17.2. The van der Waals surface area contributed by atoms with Crippen molar-refractivity contribution < 1.29 is 42.0 Å². The number of methoxy groups -OCH3 is 1. The number of hydrogen-bond donors (Lipinski definition) is 1. The molecule has 0 fully saturated rings. The van der Waals surface area contributed by atoms with Crippen LogP contribution in [0, 0.1) is 0 Å². The molecule has 0 saturated carbocycles. The van der Waals surface area contributed by atoms with Crippen LogP contribution < -0.4 is 14.2 Å². The molecule has 36 heavy (non-hydrogen) atoms. The Hall–Kier alpha value is -3.80. The Balaban J connectivity index is 1.69. The van der Waals surface area contributed by atoms with Crippen molar-refractivity contribution in [2.24, 2.45) is 0 Å². The molecule has 9 nitrogen and oxygen atoms in total. The summed E-state index contributed by atoms with van der Waals surface area (Å²) >= 11 is 0. The van der Waals surface area contributed by atoms with Gasteiger partial charge < -0.3 is 24.1 Å². The van der Waals surface area contributed by atoms with Gasteiger partial charge in [-0.05, 0) is 37.5 Å². The molecule has 0 radical (unpaired) electrons. The lowest BCUT2D eigenvalue weighted by atomic mass is 10.1. The Morgan fingerprint density at radius 1 is 1.14 bits per heavy atom. The molecular weight excluding hydrogens is 483 g/mol. The summed E-state index contributed by atoms with van der Waals surface area (Å²) in [7, 11) is 1.48. The fraction of sp³-hybridized carbons (Fsp3) is 0.375. The van der Waals surface area contributed by atoms with Gasteiger partial charge >= 0.3 is 12.1 Å². The number of ether oxygens (including phenoxy) is 4. The minimum Gasteiger partial charge on any atom is -0.481 e. The zero-order valence-electron chi connectivity index (χ0n) is 19.7. The van der Waals surface area contributed by atoms with Crippen LogP contribution in [0.5, 0.6) is 23.3 Å². The van der Waals surface area contributed by atoms with E-state index in [4.69, 9.17) is 24.1 Å². The van der Waals surface area contributed by atoms with Gasteiger partial charge in [0.1, 0.15) is 11.5 Å². The number of rotatable bonds is 13. The average Bonchev–Trinajstić information content (AvgIpc) is 3.22. The second-order valence-corrected chi connectivity index (χ2v) is 7.64. The van der Waals surface area contributed by atoms with Gasteiger partial charge in [-0.1, -0.05) is 6.07 Å². The van der Waals surface area contributed by atoms with Gasteiger partial charge in [0.05, 0.1) is 18.6 Å². The summed E-state index contributed by atoms with van der Waals surface area (Å²) < 4.78 is 61.9. The molecule has 0 aliphatic heterocycles. The third kappa shape index (κ3) is 7.60. The normalized spacial score (nSPS) is 11.4. The Morgan fingerprint density at radius 3 is 2.58 bits per heavy atom. The number of hydrogen-bond acceptors (Lipinski definition) is 7. The SMILES string of the molecule is CCn1cc(CC(=O)O)c(OCCCc2ccc(OCOC)cc2Oc2ccc(C(F)(F)F)cn2)n1. The van der Waals surface area contributed by atoms with E-state index in [-0.39, 0.29) is 31.6 Å². The molecule has 3 rings (SSSR count). The van der Waals surface area contributed by atoms with Crippen molar-refractivity contribution in [3.8, 4) is 23.3 Å². The molecule has 0 bridgehead atoms. The number of nitrogens with zero attached hydrogens (tertiary/aromatic N) is 3. The number of carboxylic acids is 1. The third-order valence-corrected chi connectivity index (χ3v) is 4.95. The zero-order chi connectivity index (χ0) is 26.1. The van der Waals surface area contributed by atoms with Crippen LogP contribution in [0.2, 0.25) is 0 Å². The van der Waals surface area contributed by atoms with Crippen LogP contribution in [0.15, 0.2) is 42.7 Å². The summed E-state index contributed by atoms with van der Waals surface area (Å²) in [6.07, 6.45) is -1.33. The average molecular weight is 509 g/mol. The molecular formula is C24H26F3N3O6. The van der Waals surface area contributed by atoms with Crippen molar-refractivity contribution in [3.63, 3.8) is 0 Å². The van der Waals surface area contributed by atoms with Gasteiger partial charge in [-0.3, -0.25) is 9.48 Å². The largest absolute Gasteiger partial charge is 0.481 e. The number of alkyl halides is 3. The number of benzene rings is 1. The van der Waals surface area contributed by atoms with E-state index in [9.17, 15) is 18.0 Å². The highest BCUT2D eigenvalue weighted by Gasteiger charge is 2.30. The van der Waals surface area contributed by atoms with Gasteiger partial charge in [0.25, 0.3) is 0 Å². The Bertz CT molecular complexity index is 1150. The molecule has 3 aromatic rings. The highest BCUT2D eigenvalue weighted by molar-refractivity contribution is 5.70. The zero-order valence-corrected chi connectivity index (χ0v) is 19.7. The predicted octanol–water partition coefficient (Wildman–Crippen LogP) is 4.73. The second-order valence-electron chi connectivity index (χ2n) is 7.64. The number of halogens is 3. The molecule has 0 aliphatic carbocycles. The fourth-order valence-electron chi connectivity index (χ4n) is 3.22. The quantitative estimate of drug-likeness (QED) is 0.261. The van der Waals surface area contributed by atoms with E-state index in [1.807, 2.05) is 6.92 Å². The van der Waals surface area contributed by atoms with Crippen LogP contribution in [0.25, 0.3) is 0 Å². The minimum absolute atomic E-state index is 0.00666. The summed E-state index contributed by atoms with van der Waals surface area (Å²) in [4.78, 5) is 14.9. The van der Waals surface area contributed by atoms with Crippen molar-refractivity contribution in [2.75, 3.05) is 20.5 Å². The third-order valence-electron chi connectivity index (χ3n) is 4.95. The van der Waals surface area contributed by atoms with E-state index in [2.05, 4.69) is 10.1 Å². The first-order valence-corrected chi connectivity index (χ1v) is 11.1. The molecule has 12 heteroatoms. The lowest BCUT2D eigenvalue weighted by Crippen LogP contribution is -2.06. The van der Waals surface area contributed by atoms with Crippen molar-refractivity contribution in [2.45, 2.75) is 38.9 Å². The van der Waals surface area contributed by atoms with Crippen LogP contribution >= 0.6 is 0 Å². The number of carbonyl (C=O) groups is 1. The van der Waals surface area contributed by atoms with Gasteiger partial charge in [0.2, 0.25) is 11.8 Å². The summed E-state index contributed by atoms with van der Waals surface area (Å²) in [5.41, 5.74) is 0.355. The van der Waals surface area contributed by atoms with Gasteiger partial charge in [-0.2, -0.15) is 13.2 Å². The summed E-state index contributed by atoms with van der Waals surface area (Å²) in [5.74, 6) is 0.0885. The highest BCUT2D eigenvalue weighted by Crippen LogP contribution is 2.32. The Kier molecular flexibility index (Phi) is 9.12. The van der Waals surface area contributed by atoms with Crippen LogP contribution in [0.1, 0.15) is 30.0 Å². The van der Waals surface area contributed by atoms with E-state index in [1.165, 1.54) is 7.11 Å². The standard InChI is InChI=1S/C24H26F3N3O6/c1-3-30-14-17(11-22(31)32)23(29-30)34-10-4-5-16-6-8-19(35-15-33-2)12-20(16)36-21-9-7-18(13-28-21)24(25,26)27/h6-9,12-14H,3-5,10-11,15H2,1-2H3,(H,31,32). The molecule has 0 unspecified atom stereocenters. The first kappa shape index (κ1) is 26.8. The van der Waals surface area contributed by atoms with E-state index >= 15 is 0 Å². The fourth-order valence-corrected chi connectivity index (χ4v) is 3.22. The molecule has 0 aliphatic rings. The topological polar surface area (TPSA) is 105 Å². The Morgan fingerprint density at radius 2 is 1.94 bits per heavy atom. The van der Waals surface area contributed by atoms with Gasteiger partial charge in [0, 0.05) is 43.7 Å². The van der Waals surface area contributed by atoms with Gasteiger partial charge in [-0.25, -0.2) is 4.98 Å². The summed E-state index contributed by atoms with van der Waals surface area (Å²) in [5, 5.41) is 13.3. The summed E-state index contributed by atoms with van der Waals surface area (Å²) in [6.45, 7) is 2.72. The number of aliphatic carboxylic acids is 1. The van der Waals surface area contributed by atoms with Crippen LogP contribution in [-0.4, -0.2) is 46.3 Å². The lowest BCUT2D eigenvalue weighted by Gasteiger charge is -2.14. The predicted molar refractivity (Wildman–Crippen MR) is 121 cm³/mol. The van der Waals surface area contributed by atoms with Crippen molar-refractivity contribution in [1.82, 2.24) is 14.8 Å². The van der Waals surface area contributed by atoms with E-state index in [0.29, 0.717) is 42.6 Å². The van der Waals surface area contributed by atoms with E-state index in [0.717, 1.165) is 17.7 Å². The Labute approximate surface area is 205 Å². The molecule has 0 saturated heterocycles. The first-order valence-electron chi connectivity index (χ1n) is 11.1. The molecule has 2 aromatic heterocycles. The highest BCUT2D eigenvalue weighted by atomic mass is 19.4. The van der Waals surface area contributed by atoms with E-state index < -0.39 is 17.7 Å². The minimum atomic E-state index is -4.50. The molecule has 0 amide bonds. The van der Waals surface area contributed by atoms with Crippen LogP contribution in [0.4, 0.5) is 13.2 Å². The number of aryl methyl sites for hydroxylation is 2. The maximum atomic E-state index is 12.8. The smallest absolute Gasteiger partial charge is 0.417 e. The van der Waals surface area contributed by atoms with E-state index in [1.54, 1.807) is 29.1 Å². The number of carboxylic acid groups (broad SMARTS) is 1. The molecule has 0 spiro atoms. The monoisotopic (exact) mass is 509 g/mol. The van der Waals surface area contributed by atoms with Crippen molar-refractivity contribution in [1.29, 1.82) is 0 Å². The molecule has 2 heterocycles. The number of aromatic nitrogens is 3. The maximum Gasteiger partial charge on any atom is 0.417 e. The van der Waals surface area contributed by atoms with Crippen molar-refractivity contribution >= 4 is 5.97 Å². The summed E-state index contributed by atoms with van der Waals surface area (Å²) in [6, 6.07) is 7.13.